The van der Waals surface area contributed by atoms with Gasteiger partial charge in [0.1, 0.15) is 17.6 Å². The molecule has 0 radical (unpaired) electrons. The molecule has 2 aromatic rings. The first-order chi connectivity index (χ1) is 15.7. The molecule has 0 N–H and O–H groups in total. The summed E-state index contributed by atoms with van der Waals surface area (Å²) in [7, 11) is 0. The van der Waals surface area contributed by atoms with Crippen LogP contribution < -0.4 is 9.64 Å². The van der Waals surface area contributed by atoms with Crippen molar-refractivity contribution in [1.82, 2.24) is 14.8 Å². The van der Waals surface area contributed by atoms with E-state index in [1.165, 1.54) is 32.4 Å². The molecule has 1 aromatic carbocycles. The number of amides is 1. The van der Waals surface area contributed by atoms with E-state index in [-0.39, 0.29) is 5.91 Å². The Balaban J connectivity index is 1.21. The molecule has 3 heterocycles. The fraction of sp³-hybridized carbons (Fsp3) is 0.480. The summed E-state index contributed by atoms with van der Waals surface area (Å²) in [6.45, 7) is 6.98. The van der Waals surface area contributed by atoms with Crippen molar-refractivity contribution in [3.8, 4) is 11.8 Å². The van der Waals surface area contributed by atoms with E-state index >= 15 is 0 Å². The van der Waals surface area contributed by atoms with Crippen LogP contribution in [-0.4, -0.2) is 73.1 Å². The Kier molecular flexibility index (Phi) is 7.57. The SMILES string of the molecule is N#Cc1ccc(N2CCN(C(=O)c3ccc(OCCCN4CCCCC4)cc3)CC2)nc1. The molecule has 0 bridgehead atoms. The lowest BCUT2D eigenvalue weighted by atomic mass is 10.1. The molecule has 0 unspecified atom stereocenters. The van der Waals surface area contributed by atoms with Crippen molar-refractivity contribution in [3.05, 3.63) is 53.7 Å². The van der Waals surface area contributed by atoms with E-state index in [1.54, 1.807) is 12.3 Å². The highest BCUT2D eigenvalue weighted by Gasteiger charge is 2.23. The largest absolute Gasteiger partial charge is 0.494 e. The predicted octanol–water partition coefficient (Wildman–Crippen LogP) is 3.17. The van der Waals surface area contributed by atoms with Gasteiger partial charge in [0.05, 0.1) is 12.2 Å². The fourth-order valence-corrected chi connectivity index (χ4v) is 4.32. The number of anilines is 1. The molecule has 2 saturated heterocycles. The molecule has 32 heavy (non-hydrogen) atoms. The summed E-state index contributed by atoms with van der Waals surface area (Å²) >= 11 is 0. The lowest BCUT2D eigenvalue weighted by molar-refractivity contribution is 0.0746. The van der Waals surface area contributed by atoms with Crippen LogP contribution in [0.4, 0.5) is 5.82 Å². The number of nitrogens with zero attached hydrogens (tertiary/aromatic N) is 5. The van der Waals surface area contributed by atoms with E-state index in [4.69, 9.17) is 10.00 Å². The summed E-state index contributed by atoms with van der Waals surface area (Å²) in [6, 6.07) is 13.2. The van der Waals surface area contributed by atoms with Crippen molar-refractivity contribution in [2.24, 2.45) is 0 Å². The van der Waals surface area contributed by atoms with Gasteiger partial charge in [0.25, 0.3) is 5.91 Å². The number of ether oxygens (including phenoxy) is 1. The number of piperazine rings is 1. The van der Waals surface area contributed by atoms with Crippen molar-refractivity contribution in [1.29, 1.82) is 5.26 Å². The van der Waals surface area contributed by atoms with E-state index in [1.807, 2.05) is 35.2 Å². The van der Waals surface area contributed by atoms with Crippen molar-refractivity contribution < 1.29 is 9.53 Å². The molecule has 1 amide bonds. The van der Waals surface area contributed by atoms with Crippen LogP contribution in [0.15, 0.2) is 42.6 Å². The van der Waals surface area contributed by atoms with E-state index < -0.39 is 0 Å². The maximum Gasteiger partial charge on any atom is 0.253 e. The molecule has 0 saturated carbocycles. The van der Waals surface area contributed by atoms with Crippen LogP contribution >= 0.6 is 0 Å². The van der Waals surface area contributed by atoms with Gasteiger partial charge in [-0.05, 0) is 68.8 Å². The third-order valence-electron chi connectivity index (χ3n) is 6.21. The molecular weight excluding hydrogens is 402 g/mol. The molecule has 2 aliphatic heterocycles. The summed E-state index contributed by atoms with van der Waals surface area (Å²) in [5, 5.41) is 8.91. The minimum atomic E-state index is 0.0501. The topological polar surface area (TPSA) is 72.7 Å². The second-order valence-corrected chi connectivity index (χ2v) is 8.42. The smallest absolute Gasteiger partial charge is 0.253 e. The van der Waals surface area contributed by atoms with Crippen LogP contribution in [0.1, 0.15) is 41.6 Å². The maximum atomic E-state index is 12.9. The maximum absolute atomic E-state index is 12.9. The standard InChI is InChI=1S/C25H31N5O2/c26-19-21-5-10-24(27-20-21)29-14-16-30(17-15-29)25(31)22-6-8-23(9-7-22)32-18-4-13-28-11-2-1-3-12-28/h5-10,20H,1-4,11-18H2. The molecule has 0 atom stereocenters. The van der Waals surface area contributed by atoms with Crippen molar-refractivity contribution >= 4 is 11.7 Å². The van der Waals surface area contributed by atoms with Gasteiger partial charge in [0, 0.05) is 44.5 Å². The number of nitriles is 1. The van der Waals surface area contributed by atoms with Gasteiger partial charge in [-0.15, -0.1) is 0 Å². The summed E-state index contributed by atoms with van der Waals surface area (Å²) < 4.78 is 5.87. The van der Waals surface area contributed by atoms with Crippen LogP contribution in [0.5, 0.6) is 5.75 Å². The summed E-state index contributed by atoms with van der Waals surface area (Å²) in [4.78, 5) is 23.8. The Hall–Kier alpha value is -3.11. The van der Waals surface area contributed by atoms with Crippen LogP contribution in [-0.2, 0) is 0 Å². The third kappa shape index (κ3) is 5.77. The Bertz CT molecular complexity index is 909. The van der Waals surface area contributed by atoms with Crippen molar-refractivity contribution in [3.63, 3.8) is 0 Å². The van der Waals surface area contributed by atoms with Crippen LogP contribution in [0.3, 0.4) is 0 Å². The minimum Gasteiger partial charge on any atom is -0.494 e. The van der Waals surface area contributed by atoms with Gasteiger partial charge >= 0.3 is 0 Å². The fourth-order valence-electron chi connectivity index (χ4n) is 4.32. The van der Waals surface area contributed by atoms with E-state index in [0.717, 1.165) is 37.6 Å². The average molecular weight is 434 g/mol. The first-order valence-corrected chi connectivity index (χ1v) is 11.6. The van der Waals surface area contributed by atoms with Crippen molar-refractivity contribution in [2.45, 2.75) is 25.7 Å². The third-order valence-corrected chi connectivity index (χ3v) is 6.21. The zero-order valence-corrected chi connectivity index (χ0v) is 18.6. The summed E-state index contributed by atoms with van der Waals surface area (Å²) in [5.41, 5.74) is 1.24. The van der Waals surface area contributed by atoms with Gasteiger partial charge in [-0.25, -0.2) is 4.98 Å². The number of likely N-dealkylation sites (tertiary alicyclic amines) is 1. The zero-order chi connectivity index (χ0) is 22.2. The average Bonchev–Trinajstić information content (AvgIpc) is 2.87. The number of hydrogen-bond acceptors (Lipinski definition) is 6. The monoisotopic (exact) mass is 433 g/mol. The van der Waals surface area contributed by atoms with Gasteiger partial charge in [-0.1, -0.05) is 6.42 Å². The number of carbonyl (C=O) groups excluding carboxylic acids is 1. The van der Waals surface area contributed by atoms with Crippen LogP contribution in [0, 0.1) is 11.3 Å². The minimum absolute atomic E-state index is 0.0501. The highest BCUT2D eigenvalue weighted by Crippen LogP contribution is 2.18. The highest BCUT2D eigenvalue weighted by molar-refractivity contribution is 5.94. The Labute approximate surface area is 190 Å². The van der Waals surface area contributed by atoms with Crippen LogP contribution in [0.2, 0.25) is 0 Å². The van der Waals surface area contributed by atoms with E-state index in [2.05, 4.69) is 20.9 Å². The number of pyridine rings is 1. The second kappa shape index (κ2) is 11.0. The molecule has 0 spiro atoms. The van der Waals surface area contributed by atoms with Gasteiger partial charge in [0.15, 0.2) is 0 Å². The zero-order valence-electron chi connectivity index (χ0n) is 18.6. The molecule has 4 rings (SSSR count). The highest BCUT2D eigenvalue weighted by atomic mass is 16.5. The van der Waals surface area contributed by atoms with Gasteiger partial charge < -0.3 is 19.4 Å². The Morgan fingerprint density at radius 2 is 1.72 bits per heavy atom. The molecule has 2 aliphatic rings. The quantitative estimate of drug-likeness (QED) is 0.625. The van der Waals surface area contributed by atoms with Gasteiger partial charge in [0.2, 0.25) is 0 Å². The molecule has 2 fully saturated rings. The normalized spacial score (nSPS) is 17.1. The lowest BCUT2D eigenvalue weighted by Gasteiger charge is -2.35. The number of benzene rings is 1. The number of aromatic nitrogens is 1. The van der Waals surface area contributed by atoms with Gasteiger partial charge in [-0.3, -0.25) is 4.79 Å². The molecule has 1 aromatic heterocycles. The summed E-state index contributed by atoms with van der Waals surface area (Å²) in [5.74, 6) is 1.71. The Morgan fingerprint density at radius 1 is 0.969 bits per heavy atom. The van der Waals surface area contributed by atoms with Gasteiger partial charge in [-0.2, -0.15) is 5.26 Å². The molecular formula is C25H31N5O2. The number of carbonyl (C=O) groups is 1. The lowest BCUT2D eigenvalue weighted by Crippen LogP contribution is -2.49. The molecule has 7 heteroatoms. The predicted molar refractivity (Wildman–Crippen MR) is 124 cm³/mol. The van der Waals surface area contributed by atoms with E-state index in [0.29, 0.717) is 30.8 Å². The number of rotatable bonds is 7. The van der Waals surface area contributed by atoms with Crippen molar-refractivity contribution in [2.75, 3.05) is 57.3 Å². The number of hydrogen-bond donors (Lipinski definition) is 0. The first-order valence-electron chi connectivity index (χ1n) is 11.6. The summed E-state index contributed by atoms with van der Waals surface area (Å²) in [6.07, 6.45) is 6.61. The second-order valence-electron chi connectivity index (χ2n) is 8.42. The Morgan fingerprint density at radius 3 is 2.38 bits per heavy atom. The molecule has 0 aliphatic carbocycles. The number of piperidine rings is 1. The first kappa shape index (κ1) is 22.1. The van der Waals surface area contributed by atoms with E-state index in [9.17, 15) is 4.79 Å². The van der Waals surface area contributed by atoms with Crippen LogP contribution in [0.25, 0.3) is 0 Å². The molecule has 168 valence electrons. The molecule has 7 nitrogen and oxygen atoms in total.